The number of benzene rings is 1. The molecule has 5 nitrogen and oxygen atoms in total. The van der Waals surface area contributed by atoms with Gasteiger partial charge in [-0.05, 0) is 43.5 Å². The third kappa shape index (κ3) is 2.85. The van der Waals surface area contributed by atoms with Crippen LogP contribution in [0.15, 0.2) is 23.0 Å². The number of halogens is 1. The van der Waals surface area contributed by atoms with Gasteiger partial charge in [-0.3, -0.25) is 4.79 Å². The van der Waals surface area contributed by atoms with E-state index in [1.54, 1.807) is 18.2 Å². The molecule has 3 rings (SSSR count). The van der Waals surface area contributed by atoms with Gasteiger partial charge >= 0.3 is 0 Å². The van der Waals surface area contributed by atoms with Gasteiger partial charge in [-0.1, -0.05) is 11.6 Å². The van der Waals surface area contributed by atoms with Gasteiger partial charge in [0.15, 0.2) is 0 Å². The summed E-state index contributed by atoms with van der Waals surface area (Å²) in [5.41, 5.74) is 0.458. The number of hydrogen-bond acceptors (Lipinski definition) is 4. The Morgan fingerprint density at radius 1 is 1.45 bits per heavy atom. The summed E-state index contributed by atoms with van der Waals surface area (Å²) in [6.45, 7) is 1.33. The van der Waals surface area contributed by atoms with Crippen molar-refractivity contribution >= 4 is 22.5 Å². The van der Waals surface area contributed by atoms with E-state index in [0.29, 0.717) is 34.2 Å². The van der Waals surface area contributed by atoms with Crippen molar-refractivity contribution in [1.82, 2.24) is 15.3 Å². The molecule has 1 saturated carbocycles. The number of hydrogen-bond donors (Lipinski definition) is 3. The van der Waals surface area contributed by atoms with E-state index in [9.17, 15) is 9.90 Å². The fourth-order valence-corrected chi connectivity index (χ4v) is 2.67. The van der Waals surface area contributed by atoms with Crippen LogP contribution < -0.4 is 10.9 Å². The van der Waals surface area contributed by atoms with Crippen LogP contribution in [0.1, 0.15) is 18.7 Å². The van der Waals surface area contributed by atoms with Crippen molar-refractivity contribution in [3.63, 3.8) is 0 Å². The predicted octanol–water partition coefficient (Wildman–Crippen LogP) is 1.44. The summed E-state index contributed by atoms with van der Waals surface area (Å²) < 4.78 is 0. The molecule has 0 bridgehead atoms. The van der Waals surface area contributed by atoms with Crippen LogP contribution in [0.25, 0.3) is 10.9 Å². The summed E-state index contributed by atoms with van der Waals surface area (Å²) in [6, 6.07) is 5.05. The van der Waals surface area contributed by atoms with Crippen molar-refractivity contribution in [2.24, 2.45) is 5.92 Å². The SMILES string of the molecule is O=c1[nH]c(CNCC2CC(O)C2)nc2cc(Cl)ccc12. The van der Waals surface area contributed by atoms with Crippen LogP contribution in [0.2, 0.25) is 5.02 Å². The number of nitrogens with one attached hydrogen (secondary N) is 2. The minimum absolute atomic E-state index is 0.137. The van der Waals surface area contributed by atoms with E-state index >= 15 is 0 Å². The largest absolute Gasteiger partial charge is 0.393 e. The monoisotopic (exact) mass is 293 g/mol. The van der Waals surface area contributed by atoms with Gasteiger partial charge < -0.3 is 15.4 Å². The van der Waals surface area contributed by atoms with Gasteiger partial charge in [0, 0.05) is 5.02 Å². The molecule has 0 saturated heterocycles. The maximum atomic E-state index is 11.9. The predicted molar refractivity (Wildman–Crippen MR) is 77.8 cm³/mol. The number of aliphatic hydroxyl groups is 1. The van der Waals surface area contributed by atoms with Crippen LogP contribution in [0, 0.1) is 5.92 Å². The van der Waals surface area contributed by atoms with Crippen molar-refractivity contribution in [3.8, 4) is 0 Å². The first kappa shape index (κ1) is 13.5. The summed E-state index contributed by atoms with van der Waals surface area (Å²) in [5.74, 6) is 1.12. The van der Waals surface area contributed by atoms with Gasteiger partial charge in [0.05, 0.1) is 23.6 Å². The third-order valence-electron chi connectivity index (χ3n) is 3.65. The molecule has 106 valence electrons. The second kappa shape index (κ2) is 5.52. The molecule has 1 aromatic heterocycles. The number of H-pyrrole nitrogens is 1. The van der Waals surface area contributed by atoms with E-state index in [1.807, 2.05) is 0 Å². The zero-order valence-corrected chi connectivity index (χ0v) is 11.7. The number of rotatable bonds is 4. The molecule has 2 aromatic rings. The molecule has 20 heavy (non-hydrogen) atoms. The molecule has 0 atom stereocenters. The van der Waals surface area contributed by atoms with E-state index in [-0.39, 0.29) is 11.7 Å². The van der Waals surface area contributed by atoms with Crippen molar-refractivity contribution in [1.29, 1.82) is 0 Å². The van der Waals surface area contributed by atoms with Gasteiger partial charge in [-0.15, -0.1) is 0 Å². The molecule has 0 spiro atoms. The lowest BCUT2D eigenvalue weighted by molar-refractivity contribution is 0.0429. The molecule has 3 N–H and O–H groups in total. The first-order chi connectivity index (χ1) is 9.61. The van der Waals surface area contributed by atoms with Crippen molar-refractivity contribution in [3.05, 3.63) is 39.4 Å². The van der Waals surface area contributed by atoms with E-state index in [1.165, 1.54) is 0 Å². The Morgan fingerprint density at radius 2 is 2.25 bits per heavy atom. The van der Waals surface area contributed by atoms with Crippen LogP contribution in [0.5, 0.6) is 0 Å². The Kier molecular flexibility index (Phi) is 3.74. The zero-order valence-electron chi connectivity index (χ0n) is 10.9. The lowest BCUT2D eigenvalue weighted by Gasteiger charge is -2.31. The third-order valence-corrected chi connectivity index (χ3v) is 3.89. The molecule has 1 aliphatic rings. The maximum absolute atomic E-state index is 11.9. The molecule has 6 heteroatoms. The minimum atomic E-state index is -0.150. The number of nitrogens with zero attached hydrogens (tertiary/aromatic N) is 1. The first-order valence-corrected chi connectivity index (χ1v) is 7.07. The lowest BCUT2D eigenvalue weighted by atomic mass is 9.82. The minimum Gasteiger partial charge on any atom is -0.393 e. The Morgan fingerprint density at radius 3 is 3.00 bits per heavy atom. The van der Waals surface area contributed by atoms with Crippen molar-refractivity contribution in [2.45, 2.75) is 25.5 Å². The second-order valence-electron chi connectivity index (χ2n) is 5.30. The Hall–Kier alpha value is -1.43. The molecule has 1 heterocycles. The summed E-state index contributed by atoms with van der Waals surface area (Å²) in [5, 5.41) is 13.6. The number of aliphatic hydroxyl groups excluding tert-OH is 1. The fraction of sp³-hybridized carbons (Fsp3) is 0.429. The van der Waals surface area contributed by atoms with E-state index in [4.69, 9.17) is 11.6 Å². The molecule has 1 aromatic carbocycles. The quantitative estimate of drug-likeness (QED) is 0.797. The van der Waals surface area contributed by atoms with Gasteiger partial charge in [0.25, 0.3) is 5.56 Å². The highest BCUT2D eigenvalue weighted by molar-refractivity contribution is 6.31. The molecule has 0 radical (unpaired) electrons. The topological polar surface area (TPSA) is 78.0 Å². The fourth-order valence-electron chi connectivity index (χ4n) is 2.51. The molecule has 1 fully saturated rings. The highest BCUT2D eigenvalue weighted by Crippen LogP contribution is 2.26. The summed E-state index contributed by atoms with van der Waals surface area (Å²) >= 11 is 5.92. The van der Waals surface area contributed by atoms with Crippen LogP contribution in [-0.2, 0) is 6.54 Å². The molecule has 0 aliphatic heterocycles. The van der Waals surface area contributed by atoms with E-state index in [0.717, 1.165) is 19.4 Å². The van der Waals surface area contributed by atoms with Gasteiger partial charge in [-0.2, -0.15) is 0 Å². The van der Waals surface area contributed by atoms with Gasteiger partial charge in [0.2, 0.25) is 0 Å². The Bertz CT molecular complexity index is 680. The summed E-state index contributed by atoms with van der Waals surface area (Å²) in [6.07, 6.45) is 1.57. The van der Waals surface area contributed by atoms with Crippen molar-refractivity contribution in [2.75, 3.05) is 6.54 Å². The molecular weight excluding hydrogens is 278 g/mol. The smallest absolute Gasteiger partial charge is 0.258 e. The number of aromatic nitrogens is 2. The molecule has 0 unspecified atom stereocenters. The highest BCUT2D eigenvalue weighted by atomic mass is 35.5. The van der Waals surface area contributed by atoms with Gasteiger partial charge in [-0.25, -0.2) is 4.98 Å². The standard InChI is InChI=1S/C14H16ClN3O2/c15-9-1-2-11-12(5-9)17-13(18-14(11)20)7-16-6-8-3-10(19)4-8/h1-2,5,8,10,16,19H,3-4,6-7H2,(H,17,18,20). The Labute approximate surface area is 121 Å². The van der Waals surface area contributed by atoms with E-state index in [2.05, 4.69) is 15.3 Å². The normalized spacial score (nSPS) is 21.9. The Balaban J connectivity index is 1.70. The number of aromatic amines is 1. The van der Waals surface area contributed by atoms with E-state index < -0.39 is 0 Å². The van der Waals surface area contributed by atoms with Crippen LogP contribution in [-0.4, -0.2) is 27.7 Å². The number of fused-ring (bicyclic) bond motifs is 1. The average molecular weight is 294 g/mol. The molecular formula is C14H16ClN3O2. The lowest BCUT2D eigenvalue weighted by Crippen LogP contribution is -2.36. The maximum Gasteiger partial charge on any atom is 0.258 e. The van der Waals surface area contributed by atoms with Crippen LogP contribution in [0.4, 0.5) is 0 Å². The van der Waals surface area contributed by atoms with Gasteiger partial charge in [0.1, 0.15) is 5.82 Å². The van der Waals surface area contributed by atoms with Crippen molar-refractivity contribution < 1.29 is 5.11 Å². The first-order valence-electron chi connectivity index (χ1n) is 6.69. The summed E-state index contributed by atoms with van der Waals surface area (Å²) in [4.78, 5) is 19.1. The molecule has 0 amide bonds. The highest BCUT2D eigenvalue weighted by Gasteiger charge is 2.26. The second-order valence-corrected chi connectivity index (χ2v) is 5.73. The van der Waals surface area contributed by atoms with Crippen LogP contribution >= 0.6 is 11.6 Å². The summed E-state index contributed by atoms with van der Waals surface area (Å²) in [7, 11) is 0. The average Bonchev–Trinajstić information content (AvgIpc) is 2.36. The van der Waals surface area contributed by atoms with Crippen LogP contribution in [0.3, 0.4) is 0 Å². The zero-order chi connectivity index (χ0) is 14.1. The molecule has 1 aliphatic carbocycles.